The summed E-state index contributed by atoms with van der Waals surface area (Å²) in [5.41, 5.74) is 0.617. The van der Waals surface area contributed by atoms with Crippen LogP contribution in [0.1, 0.15) is 30.6 Å². The maximum absolute atomic E-state index is 13.0. The summed E-state index contributed by atoms with van der Waals surface area (Å²) in [6.07, 6.45) is 1.56. The van der Waals surface area contributed by atoms with Crippen molar-refractivity contribution in [3.8, 4) is 17.2 Å². The average molecular weight is 440 g/mol. The lowest BCUT2D eigenvalue weighted by molar-refractivity contribution is 0.171. The Balaban J connectivity index is 1.22. The summed E-state index contributed by atoms with van der Waals surface area (Å²) in [4.78, 5) is 19.0. The Bertz CT molecular complexity index is 1100. The van der Waals surface area contributed by atoms with Crippen molar-refractivity contribution in [1.29, 1.82) is 0 Å². The number of anilines is 1. The van der Waals surface area contributed by atoms with Gasteiger partial charge < -0.3 is 29.0 Å². The van der Waals surface area contributed by atoms with Gasteiger partial charge in [0.05, 0.1) is 6.04 Å². The van der Waals surface area contributed by atoms with Crippen molar-refractivity contribution in [2.75, 3.05) is 25.1 Å². The van der Waals surface area contributed by atoms with Gasteiger partial charge in [0.15, 0.2) is 23.9 Å². The predicted octanol–water partition coefficient (Wildman–Crippen LogP) is 3.93. The molecule has 9 nitrogen and oxygen atoms in total. The summed E-state index contributed by atoms with van der Waals surface area (Å²) in [7, 11) is 0. The van der Waals surface area contributed by atoms with Gasteiger partial charge in [-0.05, 0) is 49.2 Å². The van der Waals surface area contributed by atoms with Gasteiger partial charge in [-0.2, -0.15) is 4.98 Å². The van der Waals surface area contributed by atoms with Crippen molar-refractivity contribution in [1.82, 2.24) is 15.0 Å². The molecule has 5 rings (SSSR count). The SMILES string of the molecule is O=C(Nc1ccc2c(c1)OCCO2)N1CCCC1c1noc(COc2ccc(F)cc2)n1. The Hall–Kier alpha value is -3.82. The lowest BCUT2D eigenvalue weighted by Crippen LogP contribution is -2.34. The molecule has 3 aromatic rings. The summed E-state index contributed by atoms with van der Waals surface area (Å²) >= 11 is 0. The molecule has 0 radical (unpaired) electrons. The van der Waals surface area contributed by atoms with Crippen LogP contribution < -0.4 is 19.5 Å². The maximum Gasteiger partial charge on any atom is 0.322 e. The van der Waals surface area contributed by atoms with Crippen LogP contribution in [-0.4, -0.2) is 40.8 Å². The number of amides is 2. The molecule has 1 fully saturated rings. The van der Waals surface area contributed by atoms with E-state index in [0.29, 0.717) is 48.5 Å². The molecule has 0 saturated carbocycles. The van der Waals surface area contributed by atoms with Gasteiger partial charge >= 0.3 is 6.03 Å². The molecule has 1 N–H and O–H groups in total. The van der Waals surface area contributed by atoms with Crippen LogP contribution in [0, 0.1) is 5.82 Å². The van der Waals surface area contributed by atoms with Gasteiger partial charge in [0.25, 0.3) is 5.89 Å². The van der Waals surface area contributed by atoms with Crippen LogP contribution in [0.5, 0.6) is 17.2 Å². The first kappa shape index (κ1) is 20.1. The number of nitrogens with one attached hydrogen (secondary N) is 1. The smallest absolute Gasteiger partial charge is 0.322 e. The fourth-order valence-corrected chi connectivity index (χ4v) is 3.73. The van der Waals surface area contributed by atoms with Gasteiger partial charge in [-0.1, -0.05) is 5.16 Å². The van der Waals surface area contributed by atoms with E-state index in [1.165, 1.54) is 24.3 Å². The molecule has 1 aromatic heterocycles. The first-order valence-electron chi connectivity index (χ1n) is 10.3. The molecule has 32 heavy (non-hydrogen) atoms. The second-order valence-corrected chi connectivity index (χ2v) is 7.43. The zero-order chi connectivity index (χ0) is 21.9. The topological polar surface area (TPSA) is 99.0 Å². The number of urea groups is 1. The van der Waals surface area contributed by atoms with Crippen LogP contribution in [0.4, 0.5) is 14.9 Å². The fraction of sp³-hybridized carbons (Fsp3) is 0.318. The van der Waals surface area contributed by atoms with Crippen molar-refractivity contribution >= 4 is 11.7 Å². The van der Waals surface area contributed by atoms with E-state index in [-0.39, 0.29) is 30.4 Å². The molecule has 0 spiro atoms. The Kier molecular flexibility index (Phi) is 5.49. The van der Waals surface area contributed by atoms with Gasteiger partial charge in [0, 0.05) is 18.3 Å². The molecule has 2 aromatic carbocycles. The van der Waals surface area contributed by atoms with E-state index in [4.69, 9.17) is 18.7 Å². The number of likely N-dealkylation sites (tertiary alicyclic amines) is 1. The van der Waals surface area contributed by atoms with Crippen LogP contribution in [0.2, 0.25) is 0 Å². The minimum atomic E-state index is -0.340. The highest BCUT2D eigenvalue weighted by atomic mass is 19.1. The number of hydrogen-bond acceptors (Lipinski definition) is 7. The van der Waals surface area contributed by atoms with Crippen molar-refractivity contribution in [3.63, 3.8) is 0 Å². The Morgan fingerprint density at radius 3 is 2.81 bits per heavy atom. The molecular weight excluding hydrogens is 419 g/mol. The third-order valence-electron chi connectivity index (χ3n) is 5.26. The van der Waals surface area contributed by atoms with Crippen LogP contribution in [0.15, 0.2) is 47.0 Å². The zero-order valence-electron chi connectivity index (χ0n) is 17.1. The van der Waals surface area contributed by atoms with E-state index < -0.39 is 0 Å². The first-order chi connectivity index (χ1) is 15.7. The summed E-state index contributed by atoms with van der Waals surface area (Å²) in [5, 5.41) is 6.94. The van der Waals surface area contributed by atoms with Crippen LogP contribution in [0.25, 0.3) is 0 Å². The number of carbonyl (C=O) groups is 1. The number of aromatic nitrogens is 2. The van der Waals surface area contributed by atoms with E-state index >= 15 is 0 Å². The summed E-state index contributed by atoms with van der Waals surface area (Å²) in [6.45, 7) is 1.62. The number of rotatable bonds is 5. The summed E-state index contributed by atoms with van der Waals surface area (Å²) in [5.74, 6) is 2.13. The molecule has 166 valence electrons. The van der Waals surface area contributed by atoms with Crippen molar-refractivity contribution in [2.45, 2.75) is 25.5 Å². The Morgan fingerprint density at radius 1 is 1.16 bits per heavy atom. The molecule has 1 saturated heterocycles. The van der Waals surface area contributed by atoms with Crippen LogP contribution in [-0.2, 0) is 6.61 Å². The summed E-state index contributed by atoms with van der Waals surface area (Å²) in [6, 6.07) is 10.4. The van der Waals surface area contributed by atoms with Gasteiger partial charge in [0.1, 0.15) is 24.8 Å². The molecule has 3 heterocycles. The van der Waals surface area contributed by atoms with Crippen molar-refractivity contribution < 1.29 is 27.9 Å². The highest BCUT2D eigenvalue weighted by Crippen LogP contribution is 2.34. The van der Waals surface area contributed by atoms with Gasteiger partial charge in [0.2, 0.25) is 0 Å². The van der Waals surface area contributed by atoms with E-state index in [1.54, 1.807) is 23.1 Å². The predicted molar refractivity (Wildman–Crippen MR) is 110 cm³/mol. The number of benzene rings is 2. The molecule has 0 aliphatic carbocycles. The second kappa shape index (κ2) is 8.74. The number of ether oxygens (including phenoxy) is 3. The molecular formula is C22H21FN4O5. The minimum absolute atomic E-state index is 0.0503. The normalized spacial score (nSPS) is 17.3. The van der Waals surface area contributed by atoms with E-state index in [9.17, 15) is 9.18 Å². The monoisotopic (exact) mass is 440 g/mol. The number of hydrogen-bond donors (Lipinski definition) is 1. The zero-order valence-corrected chi connectivity index (χ0v) is 17.1. The van der Waals surface area contributed by atoms with Gasteiger partial charge in [-0.15, -0.1) is 0 Å². The largest absolute Gasteiger partial charge is 0.486 e. The molecule has 0 bridgehead atoms. The summed E-state index contributed by atoms with van der Waals surface area (Å²) < 4.78 is 34.9. The van der Waals surface area contributed by atoms with Gasteiger partial charge in [-0.25, -0.2) is 9.18 Å². The minimum Gasteiger partial charge on any atom is -0.486 e. The molecule has 1 atom stereocenters. The van der Waals surface area contributed by atoms with Crippen LogP contribution in [0.3, 0.4) is 0 Å². The fourth-order valence-electron chi connectivity index (χ4n) is 3.73. The number of nitrogens with zero attached hydrogens (tertiary/aromatic N) is 3. The Labute approximate surface area is 183 Å². The quantitative estimate of drug-likeness (QED) is 0.642. The number of halogens is 1. The van der Waals surface area contributed by atoms with E-state index in [2.05, 4.69) is 15.5 Å². The average Bonchev–Trinajstić information content (AvgIpc) is 3.48. The first-order valence-corrected chi connectivity index (χ1v) is 10.3. The highest BCUT2D eigenvalue weighted by molar-refractivity contribution is 5.90. The maximum atomic E-state index is 13.0. The van der Waals surface area contributed by atoms with Crippen LogP contribution >= 0.6 is 0 Å². The number of carbonyl (C=O) groups excluding carboxylic acids is 1. The standard InChI is InChI=1S/C22H21FN4O5/c23-14-3-6-16(7-4-14)31-13-20-25-21(26-32-20)17-2-1-9-27(17)22(28)24-15-5-8-18-19(12-15)30-11-10-29-18/h3-8,12,17H,1-2,9-11,13H2,(H,24,28). The lowest BCUT2D eigenvalue weighted by Gasteiger charge is -2.23. The molecule has 2 aliphatic heterocycles. The molecule has 10 heteroatoms. The molecule has 2 amide bonds. The second-order valence-electron chi connectivity index (χ2n) is 7.43. The molecule has 2 aliphatic rings. The van der Waals surface area contributed by atoms with E-state index in [0.717, 1.165) is 12.8 Å². The van der Waals surface area contributed by atoms with Crippen molar-refractivity contribution in [3.05, 3.63) is 60.0 Å². The third-order valence-corrected chi connectivity index (χ3v) is 5.26. The Morgan fingerprint density at radius 2 is 1.97 bits per heavy atom. The highest BCUT2D eigenvalue weighted by Gasteiger charge is 2.33. The third kappa shape index (κ3) is 4.29. The number of fused-ring (bicyclic) bond motifs is 1. The van der Waals surface area contributed by atoms with Gasteiger partial charge in [-0.3, -0.25) is 0 Å². The lowest BCUT2D eigenvalue weighted by atomic mass is 10.2. The van der Waals surface area contributed by atoms with Crippen molar-refractivity contribution in [2.24, 2.45) is 0 Å². The van der Waals surface area contributed by atoms with E-state index in [1.807, 2.05) is 0 Å². The molecule has 1 unspecified atom stereocenters.